The fraction of sp³-hybridized carbons (Fsp3) is 0.333. The number of anilines is 1. The molecule has 2 aromatic heterocycles. The highest BCUT2D eigenvalue weighted by atomic mass is 15.2. The van der Waals surface area contributed by atoms with Crippen molar-refractivity contribution in [3.8, 4) is 0 Å². The van der Waals surface area contributed by atoms with Crippen LogP contribution < -0.4 is 5.32 Å². The summed E-state index contributed by atoms with van der Waals surface area (Å²) < 4.78 is 1.76. The molecule has 2 heterocycles. The van der Waals surface area contributed by atoms with Crippen molar-refractivity contribution in [1.29, 1.82) is 0 Å². The number of hydrogen-bond acceptors (Lipinski definition) is 3. The Bertz CT molecular complexity index is 430. The molecule has 1 N–H and O–H groups in total. The van der Waals surface area contributed by atoms with E-state index in [1.165, 1.54) is 12.8 Å². The Labute approximate surface area is 75.6 Å². The number of hydrogen-bond donors (Lipinski definition) is 1. The molecule has 1 aliphatic carbocycles. The summed E-state index contributed by atoms with van der Waals surface area (Å²) in [5.74, 6) is 0.954. The highest BCUT2D eigenvalue weighted by Gasteiger charge is 2.21. The zero-order chi connectivity index (χ0) is 8.67. The molecule has 4 nitrogen and oxygen atoms in total. The Morgan fingerprint density at radius 1 is 1.38 bits per heavy atom. The molecule has 2 aromatic rings. The molecular weight excluding hydrogens is 164 g/mol. The van der Waals surface area contributed by atoms with Crippen LogP contribution in [0.1, 0.15) is 12.8 Å². The summed E-state index contributed by atoms with van der Waals surface area (Å²) in [5, 5.41) is 7.43. The van der Waals surface area contributed by atoms with Gasteiger partial charge >= 0.3 is 0 Å². The first kappa shape index (κ1) is 6.88. The van der Waals surface area contributed by atoms with Crippen molar-refractivity contribution in [2.75, 3.05) is 5.32 Å². The summed E-state index contributed by atoms with van der Waals surface area (Å²) >= 11 is 0. The van der Waals surface area contributed by atoms with Crippen molar-refractivity contribution in [1.82, 2.24) is 14.6 Å². The molecule has 0 aromatic carbocycles. The summed E-state index contributed by atoms with van der Waals surface area (Å²) in [5.41, 5.74) is 0.894. The van der Waals surface area contributed by atoms with Gasteiger partial charge in [0.2, 0.25) is 0 Å². The van der Waals surface area contributed by atoms with Gasteiger partial charge in [-0.2, -0.15) is 5.10 Å². The summed E-state index contributed by atoms with van der Waals surface area (Å²) in [6, 6.07) is 4.51. The Morgan fingerprint density at radius 3 is 3.15 bits per heavy atom. The van der Waals surface area contributed by atoms with Crippen LogP contribution in [0.5, 0.6) is 0 Å². The fourth-order valence-corrected chi connectivity index (χ4v) is 1.33. The summed E-state index contributed by atoms with van der Waals surface area (Å²) in [6.45, 7) is 0. The van der Waals surface area contributed by atoms with Crippen LogP contribution >= 0.6 is 0 Å². The molecule has 66 valence electrons. The van der Waals surface area contributed by atoms with Gasteiger partial charge in [-0.15, -0.1) is 0 Å². The third-order valence-electron chi connectivity index (χ3n) is 2.19. The minimum Gasteiger partial charge on any atom is -0.367 e. The lowest BCUT2D eigenvalue weighted by molar-refractivity contribution is 0.936. The molecule has 1 fully saturated rings. The monoisotopic (exact) mass is 174 g/mol. The second kappa shape index (κ2) is 2.45. The highest BCUT2D eigenvalue weighted by molar-refractivity contribution is 5.46. The maximum atomic E-state index is 4.40. The predicted octanol–water partition coefficient (Wildman–Crippen LogP) is 1.30. The second-order valence-corrected chi connectivity index (χ2v) is 3.37. The molecule has 0 unspecified atom stereocenters. The molecule has 1 aliphatic rings. The van der Waals surface area contributed by atoms with Crippen LogP contribution in [0.2, 0.25) is 0 Å². The molecule has 1 saturated carbocycles. The Morgan fingerprint density at radius 2 is 2.31 bits per heavy atom. The van der Waals surface area contributed by atoms with Crippen molar-refractivity contribution < 1.29 is 0 Å². The molecule has 0 amide bonds. The van der Waals surface area contributed by atoms with Gasteiger partial charge in [0, 0.05) is 18.3 Å². The Balaban J connectivity index is 1.99. The fourth-order valence-electron chi connectivity index (χ4n) is 1.33. The van der Waals surface area contributed by atoms with Gasteiger partial charge in [-0.3, -0.25) is 0 Å². The minimum absolute atomic E-state index is 0.651. The first-order valence-corrected chi connectivity index (χ1v) is 4.49. The number of nitrogens with zero attached hydrogens (tertiary/aromatic N) is 3. The van der Waals surface area contributed by atoms with E-state index in [1.807, 2.05) is 18.3 Å². The smallest absolute Gasteiger partial charge is 0.157 e. The average Bonchev–Trinajstić information content (AvgIpc) is 2.83. The van der Waals surface area contributed by atoms with E-state index in [0.717, 1.165) is 11.5 Å². The molecular formula is C9H10N4. The minimum atomic E-state index is 0.651. The van der Waals surface area contributed by atoms with Gasteiger partial charge in [0.05, 0.1) is 6.20 Å². The maximum absolute atomic E-state index is 4.40. The average molecular weight is 174 g/mol. The van der Waals surface area contributed by atoms with Crippen LogP contribution in [0.15, 0.2) is 24.5 Å². The zero-order valence-corrected chi connectivity index (χ0v) is 7.14. The van der Waals surface area contributed by atoms with Crippen LogP contribution in [0.25, 0.3) is 5.65 Å². The third kappa shape index (κ3) is 1.24. The predicted molar refractivity (Wildman–Crippen MR) is 49.6 cm³/mol. The summed E-state index contributed by atoms with van der Waals surface area (Å²) in [4.78, 5) is 4.40. The van der Waals surface area contributed by atoms with Crippen molar-refractivity contribution in [2.24, 2.45) is 0 Å². The lowest BCUT2D eigenvalue weighted by Gasteiger charge is -2.02. The van der Waals surface area contributed by atoms with Gasteiger partial charge in [0.1, 0.15) is 5.82 Å². The van der Waals surface area contributed by atoms with E-state index >= 15 is 0 Å². The normalized spacial score (nSPS) is 16.3. The number of aromatic nitrogens is 3. The first-order valence-electron chi connectivity index (χ1n) is 4.49. The molecule has 3 rings (SSSR count). The van der Waals surface area contributed by atoms with Gasteiger partial charge in [0.25, 0.3) is 0 Å². The van der Waals surface area contributed by atoms with E-state index in [2.05, 4.69) is 15.4 Å². The highest BCUT2D eigenvalue weighted by Crippen LogP contribution is 2.23. The van der Waals surface area contributed by atoms with E-state index in [-0.39, 0.29) is 0 Å². The summed E-state index contributed by atoms with van der Waals surface area (Å²) in [6.07, 6.45) is 6.22. The van der Waals surface area contributed by atoms with Crippen LogP contribution in [-0.2, 0) is 0 Å². The lowest BCUT2D eigenvalue weighted by Crippen LogP contribution is -2.03. The topological polar surface area (TPSA) is 42.2 Å². The van der Waals surface area contributed by atoms with Crippen LogP contribution in [0.4, 0.5) is 5.82 Å². The molecule has 13 heavy (non-hydrogen) atoms. The number of rotatable bonds is 2. The van der Waals surface area contributed by atoms with E-state index in [9.17, 15) is 0 Å². The number of nitrogens with one attached hydrogen (secondary N) is 1. The van der Waals surface area contributed by atoms with Crippen molar-refractivity contribution in [2.45, 2.75) is 18.9 Å². The molecule has 0 atom stereocenters. The summed E-state index contributed by atoms with van der Waals surface area (Å²) in [7, 11) is 0. The van der Waals surface area contributed by atoms with Crippen LogP contribution in [0.3, 0.4) is 0 Å². The Kier molecular flexibility index (Phi) is 1.30. The van der Waals surface area contributed by atoms with Gasteiger partial charge in [0.15, 0.2) is 5.65 Å². The molecule has 4 heteroatoms. The second-order valence-electron chi connectivity index (χ2n) is 3.37. The maximum Gasteiger partial charge on any atom is 0.157 e. The standard InChI is InChI=1S/C9H10N4/c1-2-7(1)11-8-4-6-13-9(12-8)3-5-10-13/h3-7H,1-2H2,(H,11,12). The quantitative estimate of drug-likeness (QED) is 0.746. The van der Waals surface area contributed by atoms with E-state index in [4.69, 9.17) is 0 Å². The van der Waals surface area contributed by atoms with Crippen molar-refractivity contribution in [3.63, 3.8) is 0 Å². The molecule has 0 aliphatic heterocycles. The van der Waals surface area contributed by atoms with Crippen LogP contribution in [0, 0.1) is 0 Å². The molecule has 0 spiro atoms. The van der Waals surface area contributed by atoms with Gasteiger partial charge in [-0.1, -0.05) is 0 Å². The van der Waals surface area contributed by atoms with Gasteiger partial charge in [-0.25, -0.2) is 9.50 Å². The molecule has 0 bridgehead atoms. The van der Waals surface area contributed by atoms with E-state index < -0.39 is 0 Å². The largest absolute Gasteiger partial charge is 0.367 e. The first-order chi connectivity index (χ1) is 6.42. The van der Waals surface area contributed by atoms with Crippen molar-refractivity contribution >= 4 is 11.5 Å². The zero-order valence-electron chi connectivity index (χ0n) is 7.14. The van der Waals surface area contributed by atoms with Crippen molar-refractivity contribution in [3.05, 3.63) is 24.5 Å². The lowest BCUT2D eigenvalue weighted by atomic mass is 10.5. The molecule has 0 saturated heterocycles. The third-order valence-corrected chi connectivity index (χ3v) is 2.19. The Hall–Kier alpha value is -1.58. The molecule has 0 radical (unpaired) electrons. The number of fused-ring (bicyclic) bond motifs is 1. The van der Waals surface area contributed by atoms with E-state index in [0.29, 0.717) is 6.04 Å². The van der Waals surface area contributed by atoms with Gasteiger partial charge < -0.3 is 5.32 Å². The van der Waals surface area contributed by atoms with Gasteiger partial charge in [-0.05, 0) is 18.9 Å². The van der Waals surface area contributed by atoms with E-state index in [1.54, 1.807) is 10.7 Å². The SMILES string of the molecule is c1cc2nc(NC3CC3)ccn2n1. The van der Waals surface area contributed by atoms with Crippen LogP contribution in [-0.4, -0.2) is 20.6 Å².